The highest BCUT2D eigenvalue weighted by molar-refractivity contribution is 8.14. The second kappa shape index (κ2) is 6.84. The van der Waals surface area contributed by atoms with Crippen molar-refractivity contribution in [1.29, 1.82) is 0 Å². The molecule has 0 bridgehead atoms. The average molecular weight is 350 g/mol. The number of fused-ring (bicyclic) bond motifs is 1. The minimum Gasteiger partial charge on any atom is -0.325 e. The number of nitrogens with one attached hydrogen (secondary N) is 1. The van der Waals surface area contributed by atoms with Crippen LogP contribution in [0.4, 0.5) is 5.69 Å². The van der Waals surface area contributed by atoms with Crippen LogP contribution >= 0.6 is 23.4 Å². The van der Waals surface area contributed by atoms with Crippen LogP contribution < -0.4 is 5.32 Å². The predicted molar refractivity (Wildman–Crippen MR) is 94.5 cm³/mol. The van der Waals surface area contributed by atoms with Crippen molar-refractivity contribution in [3.05, 3.63) is 28.8 Å². The molecular weight excluding hydrogens is 334 g/mol. The van der Waals surface area contributed by atoms with Crippen molar-refractivity contribution >= 4 is 51.7 Å². The van der Waals surface area contributed by atoms with Crippen molar-refractivity contribution in [1.82, 2.24) is 0 Å². The maximum atomic E-state index is 12.0. The van der Waals surface area contributed by atoms with Crippen LogP contribution in [0.2, 0.25) is 5.02 Å². The van der Waals surface area contributed by atoms with Crippen molar-refractivity contribution < 1.29 is 9.59 Å². The van der Waals surface area contributed by atoms with Gasteiger partial charge in [0.1, 0.15) is 0 Å². The third-order valence-corrected chi connectivity index (χ3v) is 4.95. The molecule has 1 atom stereocenters. The lowest BCUT2D eigenvalue weighted by molar-refractivity contribution is -0.119. The fraction of sp³-hybridized carbons (Fsp3) is 0.375. The molecule has 7 heteroatoms. The van der Waals surface area contributed by atoms with E-state index in [1.807, 2.05) is 6.92 Å². The molecule has 1 aromatic rings. The van der Waals surface area contributed by atoms with E-state index in [1.54, 1.807) is 18.2 Å². The first-order valence-corrected chi connectivity index (χ1v) is 8.78. The van der Waals surface area contributed by atoms with Gasteiger partial charge in [-0.15, -0.1) is 0 Å². The number of amides is 2. The van der Waals surface area contributed by atoms with E-state index in [0.717, 1.165) is 36.2 Å². The van der Waals surface area contributed by atoms with Gasteiger partial charge in [0, 0.05) is 16.4 Å². The lowest BCUT2D eigenvalue weighted by atomic mass is 10.1. The first kappa shape index (κ1) is 16.2. The third-order valence-electron chi connectivity index (χ3n) is 3.87. The minimum atomic E-state index is -0.163. The highest BCUT2D eigenvalue weighted by Gasteiger charge is 2.32. The Kier molecular flexibility index (Phi) is 4.82. The zero-order chi connectivity index (χ0) is 16.4. The number of thioether (sulfide) groups is 1. The molecule has 1 heterocycles. The van der Waals surface area contributed by atoms with Crippen LogP contribution in [0.3, 0.4) is 0 Å². The molecule has 1 unspecified atom stereocenters. The van der Waals surface area contributed by atoms with E-state index >= 15 is 0 Å². The van der Waals surface area contributed by atoms with E-state index in [2.05, 4.69) is 15.3 Å². The van der Waals surface area contributed by atoms with Gasteiger partial charge in [0.2, 0.25) is 5.91 Å². The molecule has 2 aliphatic rings. The lowest BCUT2D eigenvalue weighted by Gasteiger charge is -2.13. The second-order valence-electron chi connectivity index (χ2n) is 5.58. The van der Waals surface area contributed by atoms with Crippen LogP contribution in [-0.2, 0) is 9.59 Å². The van der Waals surface area contributed by atoms with E-state index < -0.39 is 0 Å². The Morgan fingerprint density at radius 1 is 1.43 bits per heavy atom. The van der Waals surface area contributed by atoms with Gasteiger partial charge in [-0.3, -0.25) is 9.59 Å². The summed E-state index contributed by atoms with van der Waals surface area (Å²) in [5, 5.41) is 3.85. The van der Waals surface area contributed by atoms with Crippen molar-refractivity contribution in [2.75, 3.05) is 11.1 Å². The average Bonchev–Trinajstić information content (AvgIpc) is 2.97. The zero-order valence-electron chi connectivity index (χ0n) is 12.6. The number of aryl methyl sites for hydroxylation is 1. The van der Waals surface area contributed by atoms with Crippen LogP contribution in [0.15, 0.2) is 28.2 Å². The topological polar surface area (TPSA) is 70.9 Å². The van der Waals surface area contributed by atoms with Gasteiger partial charge < -0.3 is 5.32 Å². The molecule has 1 aliphatic heterocycles. The monoisotopic (exact) mass is 349 g/mol. The minimum absolute atomic E-state index is 0.120. The highest BCUT2D eigenvalue weighted by Crippen LogP contribution is 2.28. The summed E-state index contributed by atoms with van der Waals surface area (Å²) in [6, 6.07) is 5.29. The van der Waals surface area contributed by atoms with Gasteiger partial charge >= 0.3 is 0 Å². The SMILES string of the molecule is Cc1cc(Cl)ccc1NC(=O)CSC1=NC(=O)C2CCCC2=N1. The smallest absolute Gasteiger partial charge is 0.256 e. The van der Waals surface area contributed by atoms with Gasteiger partial charge in [-0.05, 0) is 49.9 Å². The number of benzene rings is 1. The fourth-order valence-electron chi connectivity index (χ4n) is 2.70. The largest absolute Gasteiger partial charge is 0.325 e. The summed E-state index contributed by atoms with van der Waals surface area (Å²) in [6.07, 6.45) is 2.68. The number of nitrogens with zero attached hydrogens (tertiary/aromatic N) is 2. The van der Waals surface area contributed by atoms with Gasteiger partial charge in [-0.1, -0.05) is 23.4 Å². The van der Waals surface area contributed by atoms with E-state index in [0.29, 0.717) is 10.2 Å². The molecule has 1 saturated carbocycles. The van der Waals surface area contributed by atoms with Gasteiger partial charge in [0.15, 0.2) is 5.17 Å². The number of hydrogen-bond donors (Lipinski definition) is 1. The van der Waals surface area contributed by atoms with Crippen LogP contribution in [0.5, 0.6) is 0 Å². The third kappa shape index (κ3) is 3.82. The van der Waals surface area contributed by atoms with E-state index in [9.17, 15) is 9.59 Å². The summed E-state index contributed by atoms with van der Waals surface area (Å²) in [5.41, 5.74) is 2.54. The molecule has 3 rings (SSSR count). The van der Waals surface area contributed by atoms with Crippen molar-refractivity contribution in [3.63, 3.8) is 0 Å². The maximum absolute atomic E-state index is 12.0. The Morgan fingerprint density at radius 3 is 3.04 bits per heavy atom. The lowest BCUT2D eigenvalue weighted by Crippen LogP contribution is -2.24. The summed E-state index contributed by atoms with van der Waals surface area (Å²) in [6.45, 7) is 1.88. The molecule has 1 fully saturated rings. The fourth-order valence-corrected chi connectivity index (χ4v) is 3.59. The first-order chi connectivity index (χ1) is 11.0. The van der Waals surface area contributed by atoms with Crippen LogP contribution in [-0.4, -0.2) is 28.4 Å². The normalized spacial score (nSPS) is 19.9. The molecule has 0 aromatic heterocycles. The first-order valence-electron chi connectivity index (χ1n) is 7.42. The molecule has 1 aromatic carbocycles. The predicted octanol–water partition coefficient (Wildman–Crippen LogP) is 3.46. The highest BCUT2D eigenvalue weighted by atomic mass is 35.5. The Bertz CT molecular complexity index is 730. The number of rotatable bonds is 3. The van der Waals surface area contributed by atoms with Crippen molar-refractivity contribution in [2.45, 2.75) is 26.2 Å². The Hall–Kier alpha value is -1.66. The maximum Gasteiger partial charge on any atom is 0.256 e. The van der Waals surface area contributed by atoms with Gasteiger partial charge in [-0.2, -0.15) is 4.99 Å². The van der Waals surface area contributed by atoms with Crippen LogP contribution in [0.25, 0.3) is 0 Å². The molecule has 1 aliphatic carbocycles. The second-order valence-corrected chi connectivity index (χ2v) is 6.96. The van der Waals surface area contributed by atoms with Gasteiger partial charge in [-0.25, -0.2) is 4.99 Å². The van der Waals surface area contributed by atoms with Gasteiger partial charge in [0.05, 0.1) is 11.7 Å². The summed E-state index contributed by atoms with van der Waals surface area (Å²) >= 11 is 7.08. The summed E-state index contributed by atoms with van der Waals surface area (Å²) in [7, 11) is 0. The Labute approximate surface area is 143 Å². The van der Waals surface area contributed by atoms with Crippen molar-refractivity contribution in [3.8, 4) is 0 Å². The molecule has 0 spiro atoms. The summed E-state index contributed by atoms with van der Waals surface area (Å²) in [5.74, 6) is -0.242. The summed E-state index contributed by atoms with van der Waals surface area (Å²) in [4.78, 5) is 32.4. The van der Waals surface area contributed by atoms with Gasteiger partial charge in [0.25, 0.3) is 5.91 Å². The van der Waals surface area contributed by atoms with E-state index in [1.165, 1.54) is 11.8 Å². The standard InChI is InChI=1S/C16H16ClN3O2S/c1-9-7-10(17)5-6-12(9)18-14(21)8-23-16-19-13-4-2-3-11(13)15(22)20-16/h5-7,11H,2-4,8H2,1H3,(H,18,21). The number of carbonyl (C=O) groups is 2. The van der Waals surface area contributed by atoms with E-state index in [4.69, 9.17) is 11.6 Å². The quantitative estimate of drug-likeness (QED) is 0.908. The van der Waals surface area contributed by atoms with E-state index in [-0.39, 0.29) is 23.5 Å². The number of anilines is 1. The molecule has 0 saturated heterocycles. The Balaban J connectivity index is 1.58. The van der Waals surface area contributed by atoms with Crippen LogP contribution in [0, 0.1) is 12.8 Å². The number of carbonyl (C=O) groups excluding carboxylic acids is 2. The molecular formula is C16H16ClN3O2S. The molecule has 2 amide bonds. The molecule has 120 valence electrons. The number of hydrogen-bond acceptors (Lipinski definition) is 4. The molecule has 5 nitrogen and oxygen atoms in total. The Morgan fingerprint density at radius 2 is 2.26 bits per heavy atom. The van der Waals surface area contributed by atoms with Crippen molar-refractivity contribution in [2.24, 2.45) is 15.9 Å². The number of aliphatic imine (C=N–C) groups is 2. The zero-order valence-corrected chi connectivity index (χ0v) is 14.2. The number of halogens is 1. The summed E-state index contributed by atoms with van der Waals surface area (Å²) < 4.78 is 0. The number of amidine groups is 1. The molecule has 1 N–H and O–H groups in total. The van der Waals surface area contributed by atoms with Crippen LogP contribution in [0.1, 0.15) is 24.8 Å². The molecule has 23 heavy (non-hydrogen) atoms. The molecule has 0 radical (unpaired) electrons.